The minimum absolute atomic E-state index is 0.149. The van der Waals surface area contributed by atoms with Gasteiger partial charge in [0.1, 0.15) is 0 Å². The van der Waals surface area contributed by atoms with Crippen molar-refractivity contribution in [2.45, 2.75) is 52.2 Å². The van der Waals surface area contributed by atoms with E-state index >= 15 is 0 Å². The van der Waals surface area contributed by atoms with Gasteiger partial charge >= 0.3 is 6.94 Å². The molecule has 0 saturated carbocycles. The van der Waals surface area contributed by atoms with Crippen molar-refractivity contribution in [3.05, 3.63) is 0 Å². The van der Waals surface area contributed by atoms with E-state index in [1.165, 1.54) is 0 Å². The highest BCUT2D eigenvalue weighted by Crippen LogP contribution is 2.44. The molecule has 74 valence electrons. The zero-order valence-corrected chi connectivity index (χ0v) is 11.2. The molecule has 0 atom stereocenters. The second-order valence-electron chi connectivity index (χ2n) is 4.98. The summed E-state index contributed by atoms with van der Waals surface area (Å²) >= 11 is 12.4. The van der Waals surface area contributed by atoms with Crippen molar-refractivity contribution in [3.8, 4) is 0 Å². The topological polar surface area (TPSA) is 9.23 Å². The van der Waals surface area contributed by atoms with Crippen LogP contribution in [0.4, 0.5) is 0 Å². The molecule has 0 rings (SSSR count). The van der Waals surface area contributed by atoms with E-state index in [4.69, 9.17) is 26.6 Å². The van der Waals surface area contributed by atoms with E-state index in [0.29, 0.717) is 0 Å². The fraction of sp³-hybridized carbons (Fsp3) is 1.00. The monoisotopic (exact) mass is 228 g/mol. The predicted molar refractivity (Wildman–Crippen MR) is 58.0 cm³/mol. The van der Waals surface area contributed by atoms with Crippen LogP contribution in [0.1, 0.15) is 41.5 Å². The Balaban J connectivity index is 4.44. The molecule has 0 aromatic carbocycles. The van der Waals surface area contributed by atoms with Crippen LogP contribution >= 0.6 is 22.2 Å². The van der Waals surface area contributed by atoms with Gasteiger partial charge < -0.3 is 4.43 Å². The molecule has 0 spiro atoms. The van der Waals surface area contributed by atoms with Crippen LogP contribution in [0.3, 0.4) is 0 Å². The first kappa shape index (κ1) is 12.8. The van der Waals surface area contributed by atoms with E-state index in [-0.39, 0.29) is 10.6 Å². The Morgan fingerprint density at radius 2 is 1.25 bits per heavy atom. The molecule has 0 amide bonds. The minimum Gasteiger partial charge on any atom is -0.387 e. The van der Waals surface area contributed by atoms with Crippen molar-refractivity contribution in [1.29, 1.82) is 0 Å². The Morgan fingerprint density at radius 1 is 0.917 bits per heavy atom. The maximum absolute atomic E-state index is 6.18. The molecule has 0 aromatic rings. The van der Waals surface area contributed by atoms with Crippen molar-refractivity contribution < 1.29 is 4.43 Å². The van der Waals surface area contributed by atoms with Gasteiger partial charge in [0, 0.05) is 5.04 Å². The average Bonchev–Trinajstić information content (AvgIpc) is 1.52. The van der Waals surface area contributed by atoms with Crippen LogP contribution in [-0.2, 0) is 4.43 Å². The molecular weight excluding hydrogens is 211 g/mol. The molecule has 4 heteroatoms. The van der Waals surface area contributed by atoms with E-state index in [0.717, 1.165) is 0 Å². The third-order valence-electron chi connectivity index (χ3n) is 1.31. The fourth-order valence-electron chi connectivity index (χ4n) is 0.538. The molecule has 0 heterocycles. The van der Waals surface area contributed by atoms with Gasteiger partial charge in [0.25, 0.3) is 0 Å². The number of halogens is 2. The molecule has 0 aliphatic heterocycles. The summed E-state index contributed by atoms with van der Waals surface area (Å²) in [6.07, 6.45) is 0. The quantitative estimate of drug-likeness (QED) is 0.487. The summed E-state index contributed by atoms with van der Waals surface area (Å²) in [6, 6.07) is 0. The fourth-order valence-corrected chi connectivity index (χ4v) is 3.00. The summed E-state index contributed by atoms with van der Waals surface area (Å²) in [5.41, 5.74) is -0.261. The molecule has 0 saturated heterocycles. The van der Waals surface area contributed by atoms with Gasteiger partial charge in [-0.25, -0.2) is 0 Å². The molecule has 0 aromatic heterocycles. The van der Waals surface area contributed by atoms with Crippen LogP contribution in [0.2, 0.25) is 5.04 Å². The SMILES string of the molecule is CC(C)(C)O[Si](Cl)(Cl)C(C)(C)C. The maximum atomic E-state index is 6.18. The van der Waals surface area contributed by atoms with Crippen molar-refractivity contribution in [1.82, 2.24) is 0 Å². The highest BCUT2D eigenvalue weighted by molar-refractivity contribution is 7.43. The lowest BCUT2D eigenvalue weighted by atomic mass is 10.2. The number of hydrogen-bond acceptors (Lipinski definition) is 1. The van der Waals surface area contributed by atoms with Gasteiger partial charge in [-0.05, 0) is 20.8 Å². The summed E-state index contributed by atoms with van der Waals surface area (Å²) in [6.45, 7) is 9.31. The molecule has 0 aliphatic carbocycles. The van der Waals surface area contributed by atoms with Gasteiger partial charge in [-0.3, -0.25) is 0 Å². The molecule has 0 bridgehead atoms. The van der Waals surface area contributed by atoms with Crippen LogP contribution in [0, 0.1) is 0 Å². The van der Waals surface area contributed by atoms with Crippen LogP contribution < -0.4 is 0 Å². The minimum atomic E-state index is -2.60. The van der Waals surface area contributed by atoms with Gasteiger partial charge in [0.2, 0.25) is 0 Å². The Kier molecular flexibility index (Phi) is 3.71. The molecular formula is C8H18Cl2OSi. The van der Waals surface area contributed by atoms with Gasteiger partial charge in [-0.2, -0.15) is 0 Å². The molecule has 1 nitrogen and oxygen atoms in total. The van der Waals surface area contributed by atoms with E-state index in [9.17, 15) is 0 Å². The average molecular weight is 229 g/mol. The molecule has 0 N–H and O–H groups in total. The summed E-state index contributed by atoms with van der Waals surface area (Å²) < 4.78 is 5.66. The Hall–Kier alpha value is 0.757. The lowest BCUT2D eigenvalue weighted by Crippen LogP contribution is -2.42. The zero-order chi connectivity index (χ0) is 10.2. The third-order valence-corrected chi connectivity index (χ3v) is 7.79. The second kappa shape index (κ2) is 3.49. The molecule has 0 radical (unpaired) electrons. The van der Waals surface area contributed by atoms with Gasteiger partial charge in [0.05, 0.1) is 5.60 Å². The number of rotatable bonds is 1. The Labute approximate surface area is 85.9 Å². The van der Waals surface area contributed by atoms with E-state index < -0.39 is 6.94 Å². The third kappa shape index (κ3) is 4.12. The van der Waals surface area contributed by atoms with Crippen LogP contribution in [0.5, 0.6) is 0 Å². The second-order valence-corrected chi connectivity index (χ2v) is 11.5. The first-order chi connectivity index (χ1) is 4.96. The first-order valence-electron chi connectivity index (χ1n) is 4.04. The van der Waals surface area contributed by atoms with Crippen LogP contribution in [0.25, 0.3) is 0 Å². The van der Waals surface area contributed by atoms with Crippen molar-refractivity contribution >= 4 is 29.1 Å². The first-order valence-corrected chi connectivity index (χ1v) is 7.97. The summed E-state index contributed by atoms with van der Waals surface area (Å²) in [7, 11) is 0. The van der Waals surface area contributed by atoms with E-state index in [1.807, 2.05) is 41.5 Å². The Bertz CT molecular complexity index is 155. The van der Waals surface area contributed by atoms with Crippen LogP contribution in [0.15, 0.2) is 0 Å². The largest absolute Gasteiger partial charge is 0.395 e. The normalized spacial score (nSPS) is 15.0. The highest BCUT2D eigenvalue weighted by Gasteiger charge is 2.47. The van der Waals surface area contributed by atoms with E-state index in [1.54, 1.807) is 0 Å². The lowest BCUT2D eigenvalue weighted by molar-refractivity contribution is 0.124. The Morgan fingerprint density at radius 3 is 1.33 bits per heavy atom. The zero-order valence-electron chi connectivity index (χ0n) is 8.66. The number of hydrogen-bond donors (Lipinski definition) is 0. The standard InChI is InChI=1S/C8H18Cl2OSi/c1-7(2,3)11-12(9,10)8(4,5)6/h1-6H3. The predicted octanol–water partition coefficient (Wildman–Crippen LogP) is 4.02. The van der Waals surface area contributed by atoms with Gasteiger partial charge in [0.15, 0.2) is 0 Å². The highest BCUT2D eigenvalue weighted by atomic mass is 35.7. The molecule has 0 unspecified atom stereocenters. The van der Waals surface area contributed by atoms with Crippen LogP contribution in [-0.4, -0.2) is 12.5 Å². The smallest absolute Gasteiger partial charge is 0.387 e. The van der Waals surface area contributed by atoms with Gasteiger partial charge in [-0.15, -0.1) is 22.2 Å². The molecule has 0 fully saturated rings. The molecule has 0 aliphatic rings. The van der Waals surface area contributed by atoms with Gasteiger partial charge in [-0.1, -0.05) is 20.8 Å². The van der Waals surface area contributed by atoms with Crippen molar-refractivity contribution in [2.24, 2.45) is 0 Å². The van der Waals surface area contributed by atoms with E-state index in [2.05, 4.69) is 0 Å². The summed E-state index contributed by atoms with van der Waals surface area (Å²) in [5, 5.41) is -0.149. The maximum Gasteiger partial charge on any atom is 0.395 e. The summed E-state index contributed by atoms with van der Waals surface area (Å²) in [5.74, 6) is 0. The summed E-state index contributed by atoms with van der Waals surface area (Å²) in [4.78, 5) is 0. The lowest BCUT2D eigenvalue weighted by Gasteiger charge is -2.36. The molecule has 12 heavy (non-hydrogen) atoms. The van der Waals surface area contributed by atoms with Crippen molar-refractivity contribution in [3.63, 3.8) is 0 Å². The van der Waals surface area contributed by atoms with Crippen molar-refractivity contribution in [2.75, 3.05) is 0 Å².